The fraction of sp³-hybridized carbons (Fsp3) is 0.150. The number of nitrogens with one attached hydrogen (secondary N) is 2. The number of hydrogen-bond donors (Lipinski definition) is 2. The molecule has 0 aliphatic heterocycles. The number of methoxy groups -OCH3 is 1. The molecule has 0 saturated heterocycles. The van der Waals surface area contributed by atoms with Crippen molar-refractivity contribution in [3.05, 3.63) is 71.6 Å². The van der Waals surface area contributed by atoms with Gasteiger partial charge in [-0.25, -0.2) is 0 Å². The highest BCUT2D eigenvalue weighted by Crippen LogP contribution is 2.18. The second-order valence-corrected chi connectivity index (χ2v) is 5.95. The summed E-state index contributed by atoms with van der Waals surface area (Å²) < 4.78 is 38.6. The van der Waals surface area contributed by atoms with Crippen LogP contribution in [0.25, 0.3) is 0 Å². The third-order valence-electron chi connectivity index (χ3n) is 3.90. The van der Waals surface area contributed by atoms with Crippen LogP contribution in [0.4, 0.5) is 14.5 Å². The number of hydrogen-bond acceptors (Lipinski definition) is 6. The van der Waals surface area contributed by atoms with Gasteiger partial charge in [0.15, 0.2) is 11.5 Å². The van der Waals surface area contributed by atoms with Crippen LogP contribution in [0.2, 0.25) is 0 Å². The summed E-state index contributed by atoms with van der Waals surface area (Å²) in [6, 6.07) is 13.4. The molecule has 0 fully saturated rings. The molecule has 0 saturated carbocycles. The molecule has 0 atom stereocenters. The van der Waals surface area contributed by atoms with Gasteiger partial charge in [-0.1, -0.05) is 5.16 Å². The lowest BCUT2D eigenvalue weighted by Gasteiger charge is -2.06. The summed E-state index contributed by atoms with van der Waals surface area (Å²) in [4.78, 5) is 24.4. The Morgan fingerprint density at radius 3 is 2.33 bits per heavy atom. The standard InChI is InChI=1S/C20H17F2N3O5/c1-28-14-6-2-12(3-7-14)18(26)23-11-16-10-17(25-30-16)19(27)24-13-4-8-15(9-5-13)29-20(21)22/h2-10,20H,11H2,1H3,(H,23,26)(H,24,27). The fourth-order valence-corrected chi connectivity index (χ4v) is 2.43. The monoisotopic (exact) mass is 417 g/mol. The van der Waals surface area contributed by atoms with Crippen LogP contribution in [0, 0.1) is 0 Å². The number of amides is 2. The van der Waals surface area contributed by atoms with Gasteiger partial charge in [0, 0.05) is 17.3 Å². The summed E-state index contributed by atoms with van der Waals surface area (Å²) >= 11 is 0. The van der Waals surface area contributed by atoms with Crippen LogP contribution in [0.15, 0.2) is 59.1 Å². The molecule has 2 amide bonds. The molecule has 1 aromatic heterocycles. The summed E-state index contributed by atoms with van der Waals surface area (Å²) in [7, 11) is 1.53. The predicted octanol–water partition coefficient (Wildman–Crippen LogP) is 3.47. The van der Waals surface area contributed by atoms with Crippen LogP contribution in [-0.2, 0) is 6.54 Å². The Bertz CT molecular complexity index is 1000. The van der Waals surface area contributed by atoms with Crippen molar-refractivity contribution in [3.8, 4) is 11.5 Å². The minimum atomic E-state index is -2.93. The first kappa shape index (κ1) is 20.8. The summed E-state index contributed by atoms with van der Waals surface area (Å²) in [6.45, 7) is -2.89. The zero-order valence-corrected chi connectivity index (χ0v) is 15.7. The Labute approximate surface area is 169 Å². The van der Waals surface area contributed by atoms with Crippen LogP contribution in [0.1, 0.15) is 26.6 Å². The number of nitrogens with zero attached hydrogens (tertiary/aromatic N) is 1. The molecule has 3 rings (SSSR count). The maximum atomic E-state index is 12.2. The zero-order valence-electron chi connectivity index (χ0n) is 15.7. The topological polar surface area (TPSA) is 103 Å². The molecule has 1 heterocycles. The number of halogens is 2. The molecule has 156 valence electrons. The van der Waals surface area contributed by atoms with Crippen LogP contribution in [-0.4, -0.2) is 30.7 Å². The van der Waals surface area contributed by atoms with Gasteiger partial charge in [-0.05, 0) is 48.5 Å². The Balaban J connectivity index is 1.53. The van der Waals surface area contributed by atoms with Gasteiger partial charge in [0.2, 0.25) is 0 Å². The van der Waals surface area contributed by atoms with E-state index in [9.17, 15) is 18.4 Å². The van der Waals surface area contributed by atoms with E-state index in [0.29, 0.717) is 17.0 Å². The quantitative estimate of drug-likeness (QED) is 0.582. The highest BCUT2D eigenvalue weighted by molar-refractivity contribution is 6.02. The summed E-state index contributed by atoms with van der Waals surface area (Å²) in [5, 5.41) is 8.87. The summed E-state index contributed by atoms with van der Waals surface area (Å²) in [5.41, 5.74) is 0.795. The maximum absolute atomic E-state index is 12.2. The lowest BCUT2D eigenvalue weighted by atomic mass is 10.2. The number of carbonyl (C=O) groups excluding carboxylic acids is 2. The molecule has 0 bridgehead atoms. The van der Waals surface area contributed by atoms with Gasteiger partial charge in [0.25, 0.3) is 11.8 Å². The van der Waals surface area contributed by atoms with Gasteiger partial charge in [0.05, 0.1) is 13.7 Å². The van der Waals surface area contributed by atoms with Crippen molar-refractivity contribution in [2.24, 2.45) is 0 Å². The molecule has 0 aliphatic rings. The number of anilines is 1. The molecule has 0 spiro atoms. The normalized spacial score (nSPS) is 10.5. The molecule has 10 heteroatoms. The van der Waals surface area contributed by atoms with Crippen molar-refractivity contribution in [3.63, 3.8) is 0 Å². The van der Waals surface area contributed by atoms with E-state index in [0.717, 1.165) is 0 Å². The number of benzene rings is 2. The molecule has 0 unspecified atom stereocenters. The summed E-state index contributed by atoms with van der Waals surface area (Å²) in [5.74, 6) is -0.00388. The van der Waals surface area contributed by atoms with Crippen molar-refractivity contribution in [2.75, 3.05) is 12.4 Å². The van der Waals surface area contributed by atoms with Gasteiger partial charge >= 0.3 is 6.61 Å². The summed E-state index contributed by atoms with van der Waals surface area (Å²) in [6.07, 6.45) is 0. The Morgan fingerprint density at radius 1 is 1.03 bits per heavy atom. The van der Waals surface area contributed by atoms with Gasteiger partial charge in [-0.2, -0.15) is 8.78 Å². The van der Waals surface area contributed by atoms with E-state index in [-0.39, 0.29) is 29.7 Å². The largest absolute Gasteiger partial charge is 0.497 e. The first-order valence-electron chi connectivity index (χ1n) is 8.68. The molecule has 3 aromatic rings. The van der Waals surface area contributed by atoms with E-state index in [2.05, 4.69) is 20.5 Å². The van der Waals surface area contributed by atoms with E-state index < -0.39 is 12.5 Å². The third kappa shape index (κ3) is 5.53. The van der Waals surface area contributed by atoms with Gasteiger partial charge in [-0.15, -0.1) is 0 Å². The lowest BCUT2D eigenvalue weighted by molar-refractivity contribution is -0.0498. The number of aromatic nitrogens is 1. The van der Waals surface area contributed by atoms with Gasteiger partial charge < -0.3 is 24.6 Å². The average Bonchev–Trinajstić information content (AvgIpc) is 3.22. The molecule has 8 nitrogen and oxygen atoms in total. The SMILES string of the molecule is COc1ccc(C(=O)NCc2cc(C(=O)Nc3ccc(OC(F)F)cc3)no2)cc1. The number of rotatable bonds is 8. The maximum Gasteiger partial charge on any atom is 0.387 e. The van der Waals surface area contributed by atoms with Crippen molar-refractivity contribution in [1.29, 1.82) is 0 Å². The van der Waals surface area contributed by atoms with Crippen LogP contribution in [0.5, 0.6) is 11.5 Å². The highest BCUT2D eigenvalue weighted by atomic mass is 19.3. The van der Waals surface area contributed by atoms with Crippen molar-refractivity contribution in [1.82, 2.24) is 10.5 Å². The molecular weight excluding hydrogens is 400 g/mol. The molecular formula is C20H17F2N3O5. The first-order valence-corrected chi connectivity index (χ1v) is 8.68. The number of alkyl halides is 2. The minimum absolute atomic E-state index is 0.00315. The van der Waals surface area contributed by atoms with Crippen LogP contribution < -0.4 is 20.1 Å². The molecule has 2 N–H and O–H groups in total. The van der Waals surface area contributed by atoms with Crippen LogP contribution in [0.3, 0.4) is 0 Å². The first-order chi connectivity index (χ1) is 14.4. The van der Waals surface area contributed by atoms with Crippen molar-refractivity contribution in [2.45, 2.75) is 13.2 Å². The minimum Gasteiger partial charge on any atom is -0.497 e. The van der Waals surface area contributed by atoms with Crippen molar-refractivity contribution >= 4 is 17.5 Å². The lowest BCUT2D eigenvalue weighted by Crippen LogP contribution is -2.22. The average molecular weight is 417 g/mol. The smallest absolute Gasteiger partial charge is 0.387 e. The highest BCUT2D eigenvalue weighted by Gasteiger charge is 2.14. The molecule has 2 aromatic carbocycles. The van der Waals surface area contributed by atoms with E-state index in [1.165, 1.54) is 37.4 Å². The van der Waals surface area contributed by atoms with E-state index in [1.54, 1.807) is 24.3 Å². The zero-order chi connectivity index (χ0) is 21.5. The van der Waals surface area contributed by atoms with E-state index in [4.69, 9.17) is 9.26 Å². The third-order valence-corrected chi connectivity index (χ3v) is 3.90. The Hall–Kier alpha value is -3.95. The number of carbonyl (C=O) groups is 2. The van der Waals surface area contributed by atoms with E-state index >= 15 is 0 Å². The fourth-order valence-electron chi connectivity index (χ4n) is 2.43. The van der Waals surface area contributed by atoms with Crippen molar-refractivity contribution < 1.29 is 32.4 Å². The van der Waals surface area contributed by atoms with Gasteiger partial charge in [0.1, 0.15) is 11.5 Å². The number of ether oxygens (including phenoxy) is 2. The second kappa shape index (κ2) is 9.50. The predicted molar refractivity (Wildman–Crippen MR) is 102 cm³/mol. The molecule has 30 heavy (non-hydrogen) atoms. The Kier molecular flexibility index (Phi) is 6.58. The van der Waals surface area contributed by atoms with E-state index in [1.807, 2.05) is 0 Å². The molecule has 0 aliphatic carbocycles. The van der Waals surface area contributed by atoms with Crippen LogP contribution >= 0.6 is 0 Å². The van der Waals surface area contributed by atoms with Gasteiger partial charge in [-0.3, -0.25) is 9.59 Å². The Morgan fingerprint density at radius 2 is 1.70 bits per heavy atom. The molecule has 0 radical (unpaired) electrons. The second-order valence-electron chi connectivity index (χ2n) is 5.95.